The number of thiazole rings is 2. The Morgan fingerprint density at radius 3 is 2.62 bits per heavy atom. The number of amides is 3. The second-order valence-corrected chi connectivity index (χ2v) is 12.4. The molecule has 2 atom stereocenters. The van der Waals surface area contributed by atoms with Crippen LogP contribution < -0.4 is 11.1 Å². The number of urea groups is 1. The number of hydrogen-bond donors (Lipinski definition) is 2. The number of aromatic nitrogens is 2. The largest absolute Gasteiger partial charge is 0.379 e. The highest BCUT2D eigenvalue weighted by Gasteiger charge is 2.42. The van der Waals surface area contributed by atoms with E-state index >= 15 is 0 Å². The third kappa shape index (κ3) is 4.58. The van der Waals surface area contributed by atoms with Crippen LogP contribution in [-0.4, -0.2) is 77.1 Å². The summed E-state index contributed by atoms with van der Waals surface area (Å²) < 4.78 is 5.42. The minimum Gasteiger partial charge on any atom is -0.379 e. The fourth-order valence-corrected chi connectivity index (χ4v) is 7.16. The maximum atomic E-state index is 13.2. The molecule has 2 saturated heterocycles. The third-order valence-corrected chi connectivity index (χ3v) is 9.29. The first-order valence-corrected chi connectivity index (χ1v) is 13.5. The van der Waals surface area contributed by atoms with E-state index in [2.05, 4.69) is 31.0 Å². The predicted octanol–water partition coefficient (Wildman–Crippen LogP) is 2.70. The van der Waals surface area contributed by atoms with Crippen LogP contribution in [0, 0.1) is 5.92 Å². The Bertz CT molecular complexity index is 1090. The molecule has 0 unspecified atom stereocenters. The number of nitrogens with zero attached hydrogens (tertiary/aromatic N) is 4. The van der Waals surface area contributed by atoms with Crippen molar-refractivity contribution in [2.45, 2.75) is 51.5 Å². The summed E-state index contributed by atoms with van der Waals surface area (Å²) >= 11 is 3.24. The summed E-state index contributed by atoms with van der Waals surface area (Å²) in [4.78, 5) is 41.4. The van der Waals surface area contributed by atoms with E-state index < -0.39 is 11.9 Å². The molecule has 11 heteroatoms. The van der Waals surface area contributed by atoms with Crippen LogP contribution in [0.15, 0.2) is 0 Å². The van der Waals surface area contributed by atoms with Crippen molar-refractivity contribution in [2.75, 3.05) is 44.7 Å². The van der Waals surface area contributed by atoms with Crippen LogP contribution in [0.3, 0.4) is 0 Å². The summed E-state index contributed by atoms with van der Waals surface area (Å²) in [7, 11) is 0. The number of fused-ring (bicyclic) bond motifs is 3. The highest BCUT2D eigenvalue weighted by atomic mass is 32.1. The van der Waals surface area contributed by atoms with Gasteiger partial charge in [-0.3, -0.25) is 15.0 Å². The molecule has 4 heterocycles. The lowest BCUT2D eigenvalue weighted by Crippen LogP contribution is -2.50. The smallest absolute Gasteiger partial charge is 0.324 e. The number of rotatable bonds is 4. The average molecular weight is 505 g/mol. The molecule has 2 aromatic heterocycles. The highest BCUT2D eigenvalue weighted by Crippen LogP contribution is 2.43. The lowest BCUT2D eigenvalue weighted by atomic mass is 9.98. The molecule has 1 aliphatic carbocycles. The van der Waals surface area contributed by atoms with Gasteiger partial charge < -0.3 is 15.4 Å². The van der Waals surface area contributed by atoms with E-state index in [4.69, 9.17) is 20.4 Å². The summed E-state index contributed by atoms with van der Waals surface area (Å²) in [6.45, 7) is 10.9. The van der Waals surface area contributed by atoms with E-state index in [9.17, 15) is 9.59 Å². The quantitative estimate of drug-likeness (QED) is 0.662. The van der Waals surface area contributed by atoms with E-state index in [1.165, 1.54) is 16.2 Å². The Hall–Kier alpha value is -2.08. The molecule has 184 valence electrons. The van der Waals surface area contributed by atoms with E-state index in [0.29, 0.717) is 24.9 Å². The van der Waals surface area contributed by atoms with Crippen LogP contribution in [0.4, 0.5) is 9.93 Å². The molecule has 0 radical (unpaired) electrons. The number of morpholine rings is 1. The normalized spacial score (nSPS) is 23.0. The van der Waals surface area contributed by atoms with Crippen LogP contribution in [0.5, 0.6) is 0 Å². The fraction of sp³-hybridized carbons (Fsp3) is 0.652. The van der Waals surface area contributed by atoms with Gasteiger partial charge in [-0.25, -0.2) is 14.8 Å². The highest BCUT2D eigenvalue weighted by molar-refractivity contribution is 7.20. The molecule has 2 aliphatic heterocycles. The van der Waals surface area contributed by atoms with Gasteiger partial charge in [-0.15, -0.1) is 11.3 Å². The number of anilines is 1. The molecule has 0 aromatic carbocycles. The summed E-state index contributed by atoms with van der Waals surface area (Å²) in [5.41, 5.74) is 7.76. The first kappa shape index (κ1) is 23.7. The van der Waals surface area contributed by atoms with Crippen molar-refractivity contribution in [1.82, 2.24) is 19.8 Å². The molecule has 5 rings (SSSR count). The number of aryl methyl sites for hydroxylation is 2. The van der Waals surface area contributed by atoms with Crippen molar-refractivity contribution < 1.29 is 14.3 Å². The number of carbonyl (C=O) groups is 2. The number of carbonyl (C=O) groups excluding carboxylic acids is 2. The van der Waals surface area contributed by atoms with E-state index in [0.717, 1.165) is 60.2 Å². The van der Waals surface area contributed by atoms with Crippen molar-refractivity contribution in [3.05, 3.63) is 15.6 Å². The minimum atomic E-state index is -0.614. The summed E-state index contributed by atoms with van der Waals surface area (Å²) in [5, 5.41) is 4.62. The van der Waals surface area contributed by atoms with E-state index in [-0.39, 0.29) is 17.4 Å². The lowest BCUT2D eigenvalue weighted by Gasteiger charge is -2.31. The SMILES string of the molecule is CC(C)(C)c1nc2c(s1)CCc1nc(NC(=O)N3CC[C@@H](CN4CCOCC4)[C@H]3C(N)=O)sc1-2. The topological polar surface area (TPSA) is 114 Å². The average Bonchev–Trinajstić information content (AvgIpc) is 3.49. The van der Waals surface area contributed by atoms with Crippen molar-refractivity contribution in [3.63, 3.8) is 0 Å². The monoisotopic (exact) mass is 504 g/mol. The number of nitrogens with one attached hydrogen (secondary N) is 1. The first-order valence-electron chi connectivity index (χ1n) is 11.9. The van der Waals surface area contributed by atoms with Gasteiger partial charge in [0.2, 0.25) is 5.91 Å². The summed E-state index contributed by atoms with van der Waals surface area (Å²) in [5.74, 6) is -0.426. The zero-order valence-electron chi connectivity index (χ0n) is 19.9. The van der Waals surface area contributed by atoms with Crippen LogP contribution in [0.25, 0.3) is 10.6 Å². The van der Waals surface area contributed by atoms with Gasteiger partial charge in [0.1, 0.15) is 6.04 Å². The zero-order valence-corrected chi connectivity index (χ0v) is 21.6. The number of nitrogens with two attached hydrogens (primary N) is 1. The standard InChI is InChI=1S/C23H32N6O3S2/c1-23(2,3)20-26-16-15(33-20)5-4-14-18(16)34-21(25-14)27-22(31)29-7-6-13(17(29)19(24)30)12-28-8-10-32-11-9-28/h13,17H,4-12H2,1-3H3,(H2,24,30)(H,25,27,31)/t13-,17-/m0/s1. The molecular weight excluding hydrogens is 472 g/mol. The minimum absolute atomic E-state index is 0.00118. The fourth-order valence-electron chi connectivity index (χ4n) is 4.95. The molecule has 2 fully saturated rings. The maximum Gasteiger partial charge on any atom is 0.324 e. The van der Waals surface area contributed by atoms with E-state index in [1.54, 1.807) is 16.2 Å². The maximum absolute atomic E-state index is 13.2. The zero-order chi connectivity index (χ0) is 24.0. The van der Waals surface area contributed by atoms with Crippen molar-refractivity contribution in [1.29, 1.82) is 0 Å². The number of primary amides is 1. The lowest BCUT2D eigenvalue weighted by molar-refractivity contribution is -0.122. The van der Waals surface area contributed by atoms with Crippen LogP contribution in [0.2, 0.25) is 0 Å². The Labute approximate surface area is 207 Å². The molecule has 3 amide bonds. The van der Waals surface area contributed by atoms with Crippen LogP contribution >= 0.6 is 22.7 Å². The summed E-state index contributed by atoms with van der Waals surface area (Å²) in [6, 6.07) is -0.926. The van der Waals surface area contributed by atoms with Gasteiger partial charge in [0, 0.05) is 42.4 Å². The van der Waals surface area contributed by atoms with Crippen molar-refractivity contribution in [3.8, 4) is 10.6 Å². The Morgan fingerprint density at radius 1 is 1.15 bits per heavy atom. The van der Waals surface area contributed by atoms with Gasteiger partial charge in [-0.2, -0.15) is 0 Å². The molecule has 0 spiro atoms. The van der Waals surface area contributed by atoms with Crippen LogP contribution in [0.1, 0.15) is 42.8 Å². The van der Waals surface area contributed by atoms with Crippen molar-refractivity contribution in [2.24, 2.45) is 11.7 Å². The van der Waals surface area contributed by atoms with Gasteiger partial charge in [0.15, 0.2) is 5.13 Å². The molecule has 34 heavy (non-hydrogen) atoms. The Balaban J connectivity index is 1.30. The first-order chi connectivity index (χ1) is 16.2. The van der Waals surface area contributed by atoms with Gasteiger partial charge in [-0.05, 0) is 19.3 Å². The Kier molecular flexibility index (Phi) is 6.38. The predicted molar refractivity (Wildman–Crippen MR) is 133 cm³/mol. The number of likely N-dealkylation sites (tertiary alicyclic amines) is 1. The molecule has 0 bridgehead atoms. The molecule has 2 aromatic rings. The van der Waals surface area contributed by atoms with Gasteiger partial charge in [-0.1, -0.05) is 32.1 Å². The Morgan fingerprint density at radius 2 is 1.91 bits per heavy atom. The van der Waals surface area contributed by atoms with Crippen LogP contribution in [-0.2, 0) is 27.8 Å². The second-order valence-electron chi connectivity index (χ2n) is 10.3. The third-order valence-electron chi connectivity index (χ3n) is 6.73. The van der Waals surface area contributed by atoms with Gasteiger partial charge >= 0.3 is 6.03 Å². The molecular formula is C23H32N6O3S2. The van der Waals surface area contributed by atoms with Gasteiger partial charge in [0.05, 0.1) is 34.5 Å². The molecule has 9 nitrogen and oxygen atoms in total. The van der Waals surface area contributed by atoms with Gasteiger partial charge in [0.25, 0.3) is 0 Å². The number of hydrogen-bond acceptors (Lipinski definition) is 8. The van der Waals surface area contributed by atoms with E-state index in [1.807, 2.05) is 0 Å². The number of ether oxygens (including phenoxy) is 1. The summed E-state index contributed by atoms with van der Waals surface area (Å²) in [6.07, 6.45) is 2.52. The molecule has 3 N–H and O–H groups in total. The molecule has 0 saturated carbocycles. The molecule has 3 aliphatic rings. The van der Waals surface area contributed by atoms with Crippen molar-refractivity contribution >= 4 is 39.7 Å². The second kappa shape index (κ2) is 9.18.